The van der Waals surface area contributed by atoms with Gasteiger partial charge >= 0.3 is 0 Å². The third-order valence-electron chi connectivity index (χ3n) is 4.59. The van der Waals surface area contributed by atoms with Gasteiger partial charge in [0, 0.05) is 16.1 Å². The molecule has 2 aromatic carbocycles. The molecule has 0 saturated heterocycles. The second-order valence-corrected chi connectivity index (χ2v) is 11.4. The molecule has 0 radical (unpaired) electrons. The van der Waals surface area contributed by atoms with E-state index >= 15 is 0 Å². The zero-order valence-electron chi connectivity index (χ0n) is 17.8. The van der Waals surface area contributed by atoms with Gasteiger partial charge in [-0.25, -0.2) is 8.42 Å². The van der Waals surface area contributed by atoms with Crippen LogP contribution in [0.25, 0.3) is 10.1 Å². The number of amides is 1. The molecule has 31 heavy (non-hydrogen) atoms. The predicted molar refractivity (Wildman–Crippen MR) is 129 cm³/mol. The van der Waals surface area contributed by atoms with Crippen LogP contribution in [-0.4, -0.2) is 27.7 Å². The fourth-order valence-corrected chi connectivity index (χ4v) is 4.88. The number of hydrogen-bond donors (Lipinski definition) is 3. The molecule has 0 saturated carbocycles. The number of carbonyl (C=O) groups is 1. The van der Waals surface area contributed by atoms with Crippen molar-refractivity contribution in [3.8, 4) is 5.75 Å². The molecule has 0 spiro atoms. The van der Waals surface area contributed by atoms with Crippen LogP contribution in [0.2, 0.25) is 5.02 Å². The SMILES string of the molecule is COc1c(NC(=O)c2cc3c(Cl)ccc(N)c3s2)cc(C(C)(C)C)cc1NS(C)(=O)=O. The van der Waals surface area contributed by atoms with Crippen molar-refractivity contribution in [2.45, 2.75) is 26.2 Å². The lowest BCUT2D eigenvalue weighted by Gasteiger charge is -2.23. The molecule has 3 rings (SSSR count). The van der Waals surface area contributed by atoms with Crippen molar-refractivity contribution in [3.63, 3.8) is 0 Å². The van der Waals surface area contributed by atoms with Gasteiger partial charge in [0.2, 0.25) is 10.0 Å². The molecule has 0 aliphatic rings. The standard InChI is InChI=1S/C21H24ClN3O4S2/c1-21(2,3)11-8-15(18(29-4)16(9-11)25-31(5,27)28)24-20(26)17-10-12-13(22)6-7-14(23)19(12)30-17/h6-10,25H,23H2,1-5H3,(H,24,26). The number of halogens is 1. The zero-order chi connectivity index (χ0) is 23.1. The van der Waals surface area contributed by atoms with Gasteiger partial charge < -0.3 is 15.8 Å². The highest BCUT2D eigenvalue weighted by molar-refractivity contribution is 7.92. The number of sulfonamides is 1. The Hall–Kier alpha value is -2.49. The summed E-state index contributed by atoms with van der Waals surface area (Å²) >= 11 is 7.47. The molecule has 0 aliphatic heterocycles. The molecular weight excluding hydrogens is 458 g/mol. The van der Waals surface area contributed by atoms with Gasteiger partial charge in [-0.2, -0.15) is 0 Å². The van der Waals surface area contributed by atoms with E-state index in [-0.39, 0.29) is 22.8 Å². The van der Waals surface area contributed by atoms with Crippen molar-refractivity contribution in [1.82, 2.24) is 0 Å². The quantitative estimate of drug-likeness (QED) is 0.441. The maximum Gasteiger partial charge on any atom is 0.265 e. The molecule has 0 unspecified atom stereocenters. The van der Waals surface area contributed by atoms with E-state index in [1.54, 1.807) is 30.3 Å². The molecule has 10 heteroatoms. The van der Waals surface area contributed by atoms with Crippen LogP contribution in [0.1, 0.15) is 36.0 Å². The maximum atomic E-state index is 13.1. The summed E-state index contributed by atoms with van der Waals surface area (Å²) in [4.78, 5) is 13.5. The first kappa shape index (κ1) is 23.2. The summed E-state index contributed by atoms with van der Waals surface area (Å²) in [5.74, 6) is -0.170. The second kappa shape index (κ2) is 8.22. The van der Waals surface area contributed by atoms with Gasteiger partial charge in [0.05, 0.1) is 34.3 Å². The number of methoxy groups -OCH3 is 1. The minimum atomic E-state index is -3.57. The molecule has 0 fully saturated rings. The van der Waals surface area contributed by atoms with Gasteiger partial charge in [0.1, 0.15) is 0 Å². The Morgan fingerprint density at radius 2 is 1.81 bits per heavy atom. The van der Waals surface area contributed by atoms with Crippen molar-refractivity contribution in [2.24, 2.45) is 0 Å². The second-order valence-electron chi connectivity index (χ2n) is 8.17. The molecule has 1 amide bonds. The van der Waals surface area contributed by atoms with Crippen molar-refractivity contribution in [1.29, 1.82) is 0 Å². The van der Waals surface area contributed by atoms with Gasteiger partial charge in [-0.3, -0.25) is 9.52 Å². The Kier molecular flexibility index (Phi) is 6.14. The summed E-state index contributed by atoms with van der Waals surface area (Å²) < 4.78 is 32.4. The molecular formula is C21H24ClN3O4S2. The normalized spacial score (nSPS) is 12.1. The van der Waals surface area contributed by atoms with Crippen LogP contribution in [0.3, 0.4) is 0 Å². The number of ether oxygens (including phenoxy) is 1. The number of anilines is 3. The summed E-state index contributed by atoms with van der Waals surface area (Å²) in [6.07, 6.45) is 1.06. The highest BCUT2D eigenvalue weighted by atomic mass is 35.5. The molecule has 7 nitrogen and oxygen atoms in total. The molecule has 0 aliphatic carbocycles. The van der Waals surface area contributed by atoms with E-state index in [9.17, 15) is 13.2 Å². The van der Waals surface area contributed by atoms with E-state index in [0.29, 0.717) is 26.7 Å². The lowest BCUT2D eigenvalue weighted by atomic mass is 9.86. The lowest BCUT2D eigenvalue weighted by Crippen LogP contribution is -2.18. The van der Waals surface area contributed by atoms with Crippen LogP contribution in [0.15, 0.2) is 30.3 Å². The minimum absolute atomic E-state index is 0.213. The highest BCUT2D eigenvalue weighted by Gasteiger charge is 2.23. The van der Waals surface area contributed by atoms with Gasteiger partial charge in [0.15, 0.2) is 5.75 Å². The fourth-order valence-electron chi connectivity index (χ4n) is 3.06. The number of nitrogens with one attached hydrogen (secondary N) is 2. The lowest BCUT2D eigenvalue weighted by molar-refractivity contribution is 0.103. The largest absolute Gasteiger partial charge is 0.492 e. The van der Waals surface area contributed by atoms with Gasteiger partial charge in [-0.1, -0.05) is 32.4 Å². The van der Waals surface area contributed by atoms with Crippen LogP contribution in [0.4, 0.5) is 17.1 Å². The number of benzene rings is 2. The number of hydrogen-bond acceptors (Lipinski definition) is 6. The van der Waals surface area contributed by atoms with Crippen LogP contribution in [0.5, 0.6) is 5.75 Å². The monoisotopic (exact) mass is 481 g/mol. The van der Waals surface area contributed by atoms with Crippen molar-refractivity contribution < 1.29 is 17.9 Å². The first-order valence-corrected chi connectivity index (χ1v) is 12.4. The first-order chi connectivity index (χ1) is 14.3. The van der Waals surface area contributed by atoms with Crippen molar-refractivity contribution in [3.05, 3.63) is 45.8 Å². The van der Waals surface area contributed by atoms with Crippen LogP contribution in [-0.2, 0) is 15.4 Å². The minimum Gasteiger partial charge on any atom is -0.492 e. The van der Waals surface area contributed by atoms with Crippen LogP contribution >= 0.6 is 22.9 Å². The average Bonchev–Trinajstić information content (AvgIpc) is 3.09. The molecule has 1 heterocycles. The smallest absolute Gasteiger partial charge is 0.265 e. The maximum absolute atomic E-state index is 13.1. The van der Waals surface area contributed by atoms with E-state index in [1.807, 2.05) is 20.8 Å². The predicted octanol–water partition coefficient (Wildman–Crippen LogP) is 5.07. The summed E-state index contributed by atoms with van der Waals surface area (Å²) in [7, 11) is -2.15. The summed E-state index contributed by atoms with van der Waals surface area (Å²) in [5, 5.41) is 4.05. The molecule has 4 N–H and O–H groups in total. The summed E-state index contributed by atoms with van der Waals surface area (Å²) in [6.45, 7) is 5.96. The molecule has 0 atom stereocenters. The number of carbonyl (C=O) groups excluding carboxylic acids is 1. The number of fused-ring (bicyclic) bond motifs is 1. The zero-order valence-corrected chi connectivity index (χ0v) is 20.2. The summed E-state index contributed by atoms with van der Waals surface area (Å²) in [5.41, 5.74) is 7.66. The molecule has 0 bridgehead atoms. The van der Waals surface area contributed by atoms with Crippen LogP contribution < -0.4 is 20.5 Å². The topological polar surface area (TPSA) is 111 Å². The van der Waals surface area contributed by atoms with Crippen molar-refractivity contribution >= 4 is 66.0 Å². The Labute approximate surface area is 190 Å². The molecule has 166 valence electrons. The number of rotatable bonds is 5. The van der Waals surface area contributed by atoms with Gasteiger partial charge in [-0.05, 0) is 41.3 Å². The number of nitrogens with two attached hydrogens (primary N) is 1. The van der Waals surface area contributed by atoms with E-state index in [0.717, 1.165) is 16.5 Å². The third kappa shape index (κ3) is 5.06. The van der Waals surface area contributed by atoms with E-state index in [1.165, 1.54) is 18.4 Å². The van der Waals surface area contributed by atoms with Gasteiger partial charge in [-0.15, -0.1) is 11.3 Å². The van der Waals surface area contributed by atoms with E-state index in [2.05, 4.69) is 10.0 Å². The van der Waals surface area contributed by atoms with Gasteiger partial charge in [0.25, 0.3) is 5.91 Å². The molecule has 3 aromatic rings. The Morgan fingerprint density at radius 1 is 1.16 bits per heavy atom. The number of thiophene rings is 1. The Balaban J connectivity index is 2.09. The third-order valence-corrected chi connectivity index (χ3v) is 6.69. The van der Waals surface area contributed by atoms with E-state index < -0.39 is 10.0 Å². The Bertz CT molecular complexity index is 1240. The summed E-state index contributed by atoms with van der Waals surface area (Å²) in [6, 6.07) is 8.55. The fraction of sp³-hybridized carbons (Fsp3) is 0.286. The van der Waals surface area contributed by atoms with Crippen LogP contribution in [0, 0.1) is 0 Å². The molecule has 1 aromatic heterocycles. The number of nitrogen functional groups attached to an aromatic ring is 1. The van der Waals surface area contributed by atoms with Crippen molar-refractivity contribution in [2.75, 3.05) is 29.1 Å². The highest BCUT2D eigenvalue weighted by Crippen LogP contribution is 2.40. The Morgan fingerprint density at radius 3 is 2.35 bits per heavy atom. The average molecular weight is 482 g/mol. The van der Waals surface area contributed by atoms with E-state index in [4.69, 9.17) is 22.1 Å². The first-order valence-electron chi connectivity index (χ1n) is 9.29.